The van der Waals surface area contributed by atoms with Crippen molar-refractivity contribution in [3.63, 3.8) is 0 Å². The molecular formula is C12H18N2OS. The lowest BCUT2D eigenvalue weighted by atomic mass is 9.93. The van der Waals surface area contributed by atoms with Crippen LogP contribution in [0.1, 0.15) is 41.3 Å². The Morgan fingerprint density at radius 2 is 1.94 bits per heavy atom. The molecule has 2 aliphatic rings. The van der Waals surface area contributed by atoms with E-state index >= 15 is 0 Å². The Hall–Kier alpha value is -0.450. The molecule has 0 unspecified atom stereocenters. The largest absolute Gasteiger partial charge is 0.383 e. The molecule has 4 heteroatoms. The molecule has 1 aliphatic carbocycles. The fourth-order valence-corrected chi connectivity index (χ4v) is 3.90. The Balaban J connectivity index is 1.90. The van der Waals surface area contributed by atoms with Crippen LogP contribution < -0.4 is 5.32 Å². The molecule has 88 valence electrons. The highest BCUT2D eigenvalue weighted by Gasteiger charge is 2.35. The van der Waals surface area contributed by atoms with Gasteiger partial charge in [0.05, 0.1) is 5.69 Å². The number of nitrogens with zero attached hydrogens (tertiary/aromatic N) is 1. The van der Waals surface area contributed by atoms with E-state index in [1.54, 1.807) is 11.3 Å². The summed E-state index contributed by atoms with van der Waals surface area (Å²) >= 11 is 1.75. The fraction of sp³-hybridized carbons (Fsp3) is 0.750. The lowest BCUT2D eigenvalue weighted by molar-refractivity contribution is 0.00562. The second-order valence-electron chi connectivity index (χ2n) is 4.88. The van der Waals surface area contributed by atoms with Gasteiger partial charge in [0.15, 0.2) is 0 Å². The van der Waals surface area contributed by atoms with Crippen molar-refractivity contribution in [2.75, 3.05) is 13.1 Å². The molecule has 2 N–H and O–H groups in total. The van der Waals surface area contributed by atoms with Gasteiger partial charge in [-0.2, -0.15) is 0 Å². The minimum atomic E-state index is -0.646. The summed E-state index contributed by atoms with van der Waals surface area (Å²) in [6, 6.07) is 0. The van der Waals surface area contributed by atoms with E-state index in [2.05, 4.69) is 10.3 Å². The molecule has 1 aromatic rings. The van der Waals surface area contributed by atoms with Gasteiger partial charge in [0.1, 0.15) is 10.6 Å². The highest BCUT2D eigenvalue weighted by molar-refractivity contribution is 7.11. The Labute approximate surface area is 99.9 Å². The van der Waals surface area contributed by atoms with E-state index in [1.807, 2.05) is 0 Å². The van der Waals surface area contributed by atoms with Crippen LogP contribution in [0.5, 0.6) is 0 Å². The van der Waals surface area contributed by atoms with Gasteiger partial charge in [0.25, 0.3) is 0 Å². The maximum absolute atomic E-state index is 10.6. The van der Waals surface area contributed by atoms with Crippen molar-refractivity contribution >= 4 is 11.3 Å². The van der Waals surface area contributed by atoms with Gasteiger partial charge in [-0.15, -0.1) is 11.3 Å². The third kappa shape index (κ3) is 1.79. The van der Waals surface area contributed by atoms with Gasteiger partial charge in [0.2, 0.25) is 0 Å². The molecule has 3 nitrogen and oxygen atoms in total. The van der Waals surface area contributed by atoms with Gasteiger partial charge < -0.3 is 10.4 Å². The summed E-state index contributed by atoms with van der Waals surface area (Å²) in [4.78, 5) is 6.11. The van der Waals surface area contributed by atoms with Crippen LogP contribution >= 0.6 is 11.3 Å². The standard InChI is InChI=1S/C12H18N2OS/c15-12(5-7-13-8-6-12)11-14-9-3-1-2-4-10(9)16-11/h13,15H,1-8H2. The normalized spacial score (nSPS) is 24.1. The maximum atomic E-state index is 10.6. The van der Waals surface area contributed by atoms with E-state index in [1.165, 1.54) is 29.8 Å². The summed E-state index contributed by atoms with van der Waals surface area (Å²) in [5.41, 5.74) is 0.617. The van der Waals surface area contributed by atoms with E-state index in [0.29, 0.717) is 0 Å². The molecule has 0 spiro atoms. The Morgan fingerprint density at radius 3 is 2.69 bits per heavy atom. The summed E-state index contributed by atoms with van der Waals surface area (Å²) in [5, 5.41) is 14.9. The van der Waals surface area contributed by atoms with Gasteiger partial charge >= 0.3 is 0 Å². The van der Waals surface area contributed by atoms with Crippen molar-refractivity contribution in [1.82, 2.24) is 10.3 Å². The van der Waals surface area contributed by atoms with Crippen LogP contribution in [0.2, 0.25) is 0 Å². The number of thiazole rings is 1. The molecule has 0 radical (unpaired) electrons. The molecule has 1 aliphatic heterocycles. The predicted octanol–water partition coefficient (Wildman–Crippen LogP) is 1.59. The molecule has 1 saturated heterocycles. The van der Waals surface area contributed by atoms with Gasteiger partial charge in [-0.3, -0.25) is 0 Å². The van der Waals surface area contributed by atoms with Crippen LogP contribution in [0.15, 0.2) is 0 Å². The van der Waals surface area contributed by atoms with Crippen molar-refractivity contribution in [2.45, 2.75) is 44.1 Å². The average molecular weight is 238 g/mol. The molecule has 2 heterocycles. The first-order chi connectivity index (χ1) is 7.78. The van der Waals surface area contributed by atoms with Gasteiger partial charge in [-0.1, -0.05) is 0 Å². The third-order valence-corrected chi connectivity index (χ3v) is 5.03. The summed E-state index contributed by atoms with van der Waals surface area (Å²) in [6.45, 7) is 1.81. The minimum absolute atomic E-state index is 0.646. The molecule has 3 rings (SSSR count). The van der Waals surface area contributed by atoms with Crippen LogP contribution in [-0.4, -0.2) is 23.2 Å². The molecule has 0 saturated carbocycles. The van der Waals surface area contributed by atoms with Gasteiger partial charge in [-0.25, -0.2) is 4.98 Å². The zero-order chi connectivity index (χ0) is 11.0. The lowest BCUT2D eigenvalue weighted by Gasteiger charge is -2.30. The zero-order valence-corrected chi connectivity index (χ0v) is 10.3. The Bertz CT molecular complexity index is 359. The predicted molar refractivity (Wildman–Crippen MR) is 64.8 cm³/mol. The molecule has 1 aromatic heterocycles. The number of hydrogen-bond donors (Lipinski definition) is 2. The highest BCUT2D eigenvalue weighted by Crippen LogP contribution is 2.36. The highest BCUT2D eigenvalue weighted by atomic mass is 32.1. The van der Waals surface area contributed by atoms with Gasteiger partial charge in [0, 0.05) is 4.88 Å². The van der Waals surface area contributed by atoms with Crippen LogP contribution in [0, 0.1) is 0 Å². The zero-order valence-electron chi connectivity index (χ0n) is 9.46. The number of rotatable bonds is 1. The topological polar surface area (TPSA) is 45.2 Å². The number of aromatic nitrogens is 1. The van der Waals surface area contributed by atoms with E-state index < -0.39 is 5.60 Å². The molecular weight excluding hydrogens is 220 g/mol. The molecule has 0 aromatic carbocycles. The quantitative estimate of drug-likeness (QED) is 0.781. The van der Waals surface area contributed by atoms with Crippen LogP contribution in [-0.2, 0) is 18.4 Å². The van der Waals surface area contributed by atoms with E-state index in [9.17, 15) is 5.11 Å². The Morgan fingerprint density at radius 1 is 1.19 bits per heavy atom. The summed E-state index contributed by atoms with van der Waals surface area (Å²) in [6.07, 6.45) is 6.44. The summed E-state index contributed by atoms with van der Waals surface area (Å²) in [5.74, 6) is 0. The van der Waals surface area contributed by atoms with Crippen LogP contribution in [0.3, 0.4) is 0 Å². The minimum Gasteiger partial charge on any atom is -0.383 e. The third-order valence-electron chi connectivity index (χ3n) is 3.67. The fourth-order valence-electron chi connectivity index (χ4n) is 2.61. The molecule has 0 bridgehead atoms. The van der Waals surface area contributed by atoms with Crippen LogP contribution in [0.4, 0.5) is 0 Å². The van der Waals surface area contributed by atoms with Gasteiger partial charge in [-0.05, 0) is 51.6 Å². The number of aryl methyl sites for hydroxylation is 2. The summed E-state index contributed by atoms with van der Waals surface area (Å²) in [7, 11) is 0. The molecule has 0 atom stereocenters. The molecule has 0 amide bonds. The average Bonchev–Trinajstić information content (AvgIpc) is 2.74. The van der Waals surface area contributed by atoms with Crippen molar-refractivity contribution < 1.29 is 5.11 Å². The number of hydrogen-bond acceptors (Lipinski definition) is 4. The molecule has 16 heavy (non-hydrogen) atoms. The lowest BCUT2D eigenvalue weighted by Crippen LogP contribution is -2.39. The first-order valence-electron chi connectivity index (χ1n) is 6.20. The monoisotopic (exact) mass is 238 g/mol. The van der Waals surface area contributed by atoms with E-state index in [-0.39, 0.29) is 0 Å². The van der Waals surface area contributed by atoms with E-state index in [0.717, 1.165) is 37.4 Å². The number of aliphatic hydroxyl groups is 1. The SMILES string of the molecule is OC1(c2nc3c(s2)CCCC3)CCNCC1. The van der Waals surface area contributed by atoms with Crippen molar-refractivity contribution in [3.05, 3.63) is 15.6 Å². The molecule has 1 fully saturated rings. The Kier molecular flexibility index (Phi) is 2.73. The number of nitrogens with one attached hydrogen (secondary N) is 1. The first-order valence-corrected chi connectivity index (χ1v) is 7.02. The van der Waals surface area contributed by atoms with E-state index in [4.69, 9.17) is 0 Å². The maximum Gasteiger partial charge on any atom is 0.125 e. The summed E-state index contributed by atoms with van der Waals surface area (Å²) < 4.78 is 0. The second kappa shape index (κ2) is 4.09. The van der Waals surface area contributed by atoms with Crippen molar-refractivity contribution in [1.29, 1.82) is 0 Å². The number of fused-ring (bicyclic) bond motifs is 1. The first kappa shape index (κ1) is 10.7. The second-order valence-corrected chi connectivity index (χ2v) is 5.96. The van der Waals surface area contributed by atoms with Crippen LogP contribution in [0.25, 0.3) is 0 Å². The number of piperidine rings is 1. The smallest absolute Gasteiger partial charge is 0.125 e. The van der Waals surface area contributed by atoms with Crippen molar-refractivity contribution in [2.24, 2.45) is 0 Å². The van der Waals surface area contributed by atoms with Crippen molar-refractivity contribution in [3.8, 4) is 0 Å².